The van der Waals surface area contributed by atoms with E-state index < -0.39 is 11.9 Å². The highest BCUT2D eigenvalue weighted by molar-refractivity contribution is 5.89. The lowest BCUT2D eigenvalue weighted by Crippen LogP contribution is -2.30. The molecule has 20 heavy (non-hydrogen) atoms. The fraction of sp³-hybridized carbons (Fsp3) is 0.250. The van der Waals surface area contributed by atoms with Gasteiger partial charge in [0.25, 0.3) is 5.91 Å². The summed E-state index contributed by atoms with van der Waals surface area (Å²) in [6.07, 6.45) is 1.12. The van der Waals surface area contributed by atoms with Crippen LogP contribution in [0.15, 0.2) is 24.3 Å². The zero-order valence-electron chi connectivity index (χ0n) is 11.2. The van der Waals surface area contributed by atoms with Crippen LogP contribution in [0, 0.1) is 13.8 Å². The topological polar surface area (TPSA) is 135 Å². The van der Waals surface area contributed by atoms with E-state index in [0.29, 0.717) is 12.2 Å². The van der Waals surface area contributed by atoms with Crippen molar-refractivity contribution < 1.29 is 24.6 Å². The van der Waals surface area contributed by atoms with Gasteiger partial charge in [-0.25, -0.2) is 9.59 Å². The van der Waals surface area contributed by atoms with Gasteiger partial charge in [0.15, 0.2) is 0 Å². The molecule has 0 aliphatic heterocycles. The molecule has 0 unspecified atom stereocenters. The number of hydrogen-bond acceptors (Lipinski definition) is 4. The Hall–Kier alpha value is -2.61. The highest BCUT2D eigenvalue weighted by Gasteiger charge is 2.02. The Morgan fingerprint density at radius 1 is 1.15 bits per heavy atom. The molecule has 8 nitrogen and oxygen atoms in total. The Morgan fingerprint density at radius 2 is 1.55 bits per heavy atom. The number of carbonyl (C=O) groups is 3. The lowest BCUT2D eigenvalue weighted by molar-refractivity contribution is -0.134. The van der Waals surface area contributed by atoms with Crippen LogP contribution in [0.1, 0.15) is 11.4 Å². The summed E-state index contributed by atoms with van der Waals surface area (Å²) in [4.78, 5) is 30.0. The molecule has 8 heteroatoms. The van der Waals surface area contributed by atoms with Crippen LogP contribution in [0.5, 0.6) is 0 Å². The predicted molar refractivity (Wildman–Crippen MR) is 71.7 cm³/mol. The fourth-order valence-electron chi connectivity index (χ4n) is 1.16. The number of aromatic nitrogens is 1. The number of carboxylic acids is 2. The molecule has 0 aliphatic carbocycles. The number of aryl methyl sites for hydroxylation is 2. The Morgan fingerprint density at radius 3 is 1.85 bits per heavy atom. The second-order valence-corrected chi connectivity index (χ2v) is 3.70. The number of hydrogen-bond donors (Lipinski definition) is 4. The zero-order chi connectivity index (χ0) is 15.7. The van der Waals surface area contributed by atoms with Crippen molar-refractivity contribution in [1.29, 1.82) is 0 Å². The molecule has 0 radical (unpaired) electrons. The van der Waals surface area contributed by atoms with E-state index in [1.54, 1.807) is 4.68 Å². The first-order valence-corrected chi connectivity index (χ1v) is 5.56. The minimum absolute atomic E-state index is 0.0110. The number of aliphatic carboxylic acids is 2. The van der Waals surface area contributed by atoms with Crippen molar-refractivity contribution in [1.82, 2.24) is 4.68 Å². The lowest BCUT2D eigenvalue weighted by atomic mass is 10.5. The van der Waals surface area contributed by atoms with Gasteiger partial charge in [-0.15, -0.1) is 0 Å². The Kier molecular flexibility index (Phi) is 7.38. The van der Waals surface area contributed by atoms with Crippen molar-refractivity contribution in [3.8, 4) is 0 Å². The molecule has 0 atom stereocenters. The minimum atomic E-state index is -1.26. The molecule has 0 saturated carbocycles. The van der Waals surface area contributed by atoms with Crippen molar-refractivity contribution >= 4 is 17.8 Å². The highest BCUT2D eigenvalue weighted by Crippen LogP contribution is 2.03. The third kappa shape index (κ3) is 6.97. The van der Waals surface area contributed by atoms with E-state index >= 15 is 0 Å². The van der Waals surface area contributed by atoms with Crippen molar-refractivity contribution in [2.75, 3.05) is 12.0 Å². The SMILES string of the molecule is Cc1ccc(C)n1NC(=O)CN.O=C(O)/C=C/C(=O)O. The summed E-state index contributed by atoms with van der Waals surface area (Å²) in [6, 6.07) is 3.87. The Labute approximate surface area is 115 Å². The number of carbonyl (C=O) groups excluding carboxylic acids is 1. The van der Waals surface area contributed by atoms with Crippen LogP contribution in [-0.4, -0.2) is 39.3 Å². The van der Waals surface area contributed by atoms with Crippen LogP contribution in [-0.2, 0) is 14.4 Å². The normalized spacial score (nSPS) is 9.75. The van der Waals surface area contributed by atoms with Crippen LogP contribution in [0.4, 0.5) is 0 Å². The molecule has 1 amide bonds. The average molecular weight is 283 g/mol. The van der Waals surface area contributed by atoms with E-state index in [9.17, 15) is 14.4 Å². The van der Waals surface area contributed by atoms with E-state index in [0.717, 1.165) is 11.4 Å². The molecular formula is C12H17N3O5. The van der Waals surface area contributed by atoms with Crippen LogP contribution in [0.25, 0.3) is 0 Å². The molecule has 1 aromatic rings. The zero-order valence-corrected chi connectivity index (χ0v) is 11.2. The number of rotatable bonds is 4. The van der Waals surface area contributed by atoms with Gasteiger partial charge in [0.2, 0.25) is 0 Å². The molecular weight excluding hydrogens is 266 g/mol. The van der Waals surface area contributed by atoms with Crippen molar-refractivity contribution in [3.05, 3.63) is 35.7 Å². The monoisotopic (exact) mass is 283 g/mol. The summed E-state index contributed by atoms with van der Waals surface area (Å²) in [5, 5.41) is 15.6. The first-order chi connectivity index (χ1) is 9.27. The first kappa shape index (κ1) is 17.4. The molecule has 0 aliphatic rings. The largest absolute Gasteiger partial charge is 0.478 e. The summed E-state index contributed by atoms with van der Waals surface area (Å²) in [7, 11) is 0. The van der Waals surface area contributed by atoms with Crippen molar-refractivity contribution in [2.45, 2.75) is 13.8 Å². The van der Waals surface area contributed by atoms with Gasteiger partial charge in [0, 0.05) is 23.5 Å². The highest BCUT2D eigenvalue weighted by atomic mass is 16.4. The number of nitrogens with one attached hydrogen (secondary N) is 1. The van der Waals surface area contributed by atoms with Gasteiger partial charge in [-0.1, -0.05) is 0 Å². The first-order valence-electron chi connectivity index (χ1n) is 5.56. The summed E-state index contributed by atoms with van der Waals surface area (Å²) >= 11 is 0. The summed E-state index contributed by atoms with van der Waals surface area (Å²) in [5.74, 6) is -2.70. The molecule has 110 valence electrons. The summed E-state index contributed by atoms with van der Waals surface area (Å²) < 4.78 is 1.72. The van der Waals surface area contributed by atoms with E-state index in [1.165, 1.54) is 0 Å². The number of nitrogens with two attached hydrogens (primary N) is 1. The molecule has 0 saturated heterocycles. The molecule has 0 spiro atoms. The molecule has 1 aromatic heterocycles. The number of nitrogens with zero attached hydrogens (tertiary/aromatic N) is 1. The van der Waals surface area contributed by atoms with Gasteiger partial charge < -0.3 is 15.9 Å². The number of carboxylic acid groups (broad SMARTS) is 2. The van der Waals surface area contributed by atoms with Crippen molar-refractivity contribution in [2.24, 2.45) is 5.73 Å². The van der Waals surface area contributed by atoms with E-state index in [4.69, 9.17) is 15.9 Å². The fourth-order valence-corrected chi connectivity index (χ4v) is 1.16. The standard InChI is InChI=1S/C8H13N3O.C4H4O4/c1-6-3-4-7(2)11(6)10-8(12)5-9;5-3(6)1-2-4(7)8/h3-4H,5,9H2,1-2H3,(H,10,12);1-2H,(H,5,6)(H,7,8)/b;2-1+. The van der Waals surface area contributed by atoms with Crippen LogP contribution in [0.3, 0.4) is 0 Å². The predicted octanol–water partition coefficient (Wildman–Crippen LogP) is -0.154. The van der Waals surface area contributed by atoms with Gasteiger partial charge in [0.05, 0.1) is 6.54 Å². The molecule has 0 aromatic carbocycles. The lowest BCUT2D eigenvalue weighted by Gasteiger charge is -2.09. The quantitative estimate of drug-likeness (QED) is 0.567. The van der Waals surface area contributed by atoms with Crippen LogP contribution in [0.2, 0.25) is 0 Å². The van der Waals surface area contributed by atoms with Crippen molar-refractivity contribution in [3.63, 3.8) is 0 Å². The van der Waals surface area contributed by atoms with Gasteiger partial charge in [-0.05, 0) is 26.0 Å². The second-order valence-electron chi connectivity index (χ2n) is 3.70. The Bertz CT molecular complexity index is 484. The van der Waals surface area contributed by atoms with Crippen LogP contribution < -0.4 is 11.2 Å². The summed E-state index contributed by atoms with van der Waals surface area (Å²) in [5.41, 5.74) is 9.81. The maximum absolute atomic E-state index is 10.9. The maximum atomic E-state index is 10.9. The van der Waals surface area contributed by atoms with E-state index in [-0.39, 0.29) is 12.5 Å². The number of amides is 1. The van der Waals surface area contributed by atoms with Gasteiger partial charge in [-0.3, -0.25) is 14.9 Å². The minimum Gasteiger partial charge on any atom is -0.478 e. The summed E-state index contributed by atoms with van der Waals surface area (Å²) in [6.45, 7) is 3.85. The third-order valence-corrected chi connectivity index (χ3v) is 2.06. The van der Waals surface area contributed by atoms with Gasteiger partial charge in [-0.2, -0.15) is 0 Å². The molecule has 5 N–H and O–H groups in total. The van der Waals surface area contributed by atoms with Gasteiger partial charge in [0.1, 0.15) is 0 Å². The van der Waals surface area contributed by atoms with E-state index in [2.05, 4.69) is 5.43 Å². The van der Waals surface area contributed by atoms with E-state index in [1.807, 2.05) is 26.0 Å². The Balaban J connectivity index is 0.000000396. The molecule has 0 bridgehead atoms. The molecule has 1 heterocycles. The van der Waals surface area contributed by atoms with Gasteiger partial charge >= 0.3 is 11.9 Å². The maximum Gasteiger partial charge on any atom is 0.328 e. The smallest absolute Gasteiger partial charge is 0.328 e. The third-order valence-electron chi connectivity index (χ3n) is 2.06. The second kappa shape index (κ2) is 8.48. The molecule has 1 rings (SSSR count). The van der Waals surface area contributed by atoms with Crippen LogP contribution >= 0.6 is 0 Å². The molecule has 0 fully saturated rings. The average Bonchev–Trinajstić information content (AvgIpc) is 2.68.